The number of nitrogens with zero attached hydrogens (tertiary/aromatic N) is 1. The number of aliphatic hydroxyl groups excluding tert-OH is 2. The van der Waals surface area contributed by atoms with Gasteiger partial charge in [0, 0.05) is 59.7 Å². The first kappa shape index (κ1) is 75.0. The third kappa shape index (κ3) is 20.0. The van der Waals surface area contributed by atoms with Gasteiger partial charge in [-0.2, -0.15) is 11.8 Å². The molecule has 0 saturated carbocycles. The molecule has 488 valence electrons. The van der Waals surface area contributed by atoms with Crippen LogP contribution in [0.5, 0.6) is 0 Å². The van der Waals surface area contributed by atoms with Crippen LogP contribution in [-0.2, 0) is 19.1 Å². The van der Waals surface area contributed by atoms with Gasteiger partial charge in [0.1, 0.15) is 6.10 Å². The van der Waals surface area contributed by atoms with Gasteiger partial charge in [0.25, 0.3) is 0 Å². The van der Waals surface area contributed by atoms with E-state index in [0.29, 0.717) is 73.9 Å². The molecule has 0 spiro atoms. The van der Waals surface area contributed by atoms with Crippen molar-refractivity contribution in [1.82, 2.24) is 10.2 Å². The molecule has 11 atom stereocenters. The molecule has 0 bridgehead atoms. The van der Waals surface area contributed by atoms with E-state index in [-0.39, 0.29) is 66.4 Å². The zero-order chi connectivity index (χ0) is 67.0. The van der Waals surface area contributed by atoms with E-state index in [2.05, 4.69) is 88.8 Å². The number of thioether (sulfide) groups is 1. The highest BCUT2D eigenvalue weighted by molar-refractivity contribution is 7.99. The number of ether oxygens (including phenoxy) is 1. The van der Waals surface area contributed by atoms with Crippen LogP contribution in [-0.4, -0.2) is 62.6 Å². The minimum absolute atomic E-state index is 0.0162. The van der Waals surface area contributed by atoms with Crippen LogP contribution < -0.4 is 5.32 Å². The van der Waals surface area contributed by atoms with E-state index in [1.807, 2.05) is 137 Å². The van der Waals surface area contributed by atoms with Crippen LogP contribution in [0.1, 0.15) is 170 Å². The first-order chi connectivity index (χ1) is 43.1. The summed E-state index contributed by atoms with van der Waals surface area (Å²) in [7, 11) is 0. The number of allylic oxidation sites excluding steroid dienone is 3. The number of piperidine rings is 1. The normalized spacial score (nSPS) is 21.8. The summed E-state index contributed by atoms with van der Waals surface area (Å²) in [6, 6.07) is 45.4. The van der Waals surface area contributed by atoms with Gasteiger partial charge in [-0.25, -0.2) is 0 Å². The number of halogens is 6. The van der Waals surface area contributed by atoms with Crippen molar-refractivity contribution in [3.8, 4) is 0 Å². The Morgan fingerprint density at radius 3 is 1.63 bits per heavy atom. The average Bonchev–Trinajstić information content (AvgIpc) is 0.789. The molecule has 2 amide bonds. The second-order valence-corrected chi connectivity index (χ2v) is 30.3. The SMILES string of the molecule is C=CC[C@@](C)(C[C@H](c1cccc(Cl)c1)[C@@H](O)c1ccc(Cl)cc1)C(=O)N[C@H](CO)C(C)C.C=CC[C@@]1(C)C[C@H](c2cccc(Cl)c2)[C@@H](c2ccc(Cl)cc2)N([C@H](CSC(C)C)C(C)C)C1=O.C=CC[C@@]1(C)C[C@H](c2cccc(Cl)c2)[C@@H](c2ccc(Cl)cc2)OC1=O. The lowest BCUT2D eigenvalue weighted by molar-refractivity contribution is -0.171. The molecule has 2 fully saturated rings. The van der Waals surface area contributed by atoms with Crippen LogP contribution in [0.15, 0.2) is 184 Å². The summed E-state index contributed by atoms with van der Waals surface area (Å²) in [5.41, 5.74) is 3.86. The summed E-state index contributed by atoms with van der Waals surface area (Å²) in [5.74, 6) is 0.862. The molecule has 0 aromatic heterocycles. The molecule has 91 heavy (non-hydrogen) atoms. The van der Waals surface area contributed by atoms with Gasteiger partial charge in [0.05, 0.1) is 41.0 Å². The third-order valence-electron chi connectivity index (χ3n) is 17.7. The Labute approximate surface area is 576 Å². The molecule has 0 unspecified atom stereocenters. The largest absolute Gasteiger partial charge is 0.456 e. The summed E-state index contributed by atoms with van der Waals surface area (Å²) in [6.45, 7) is 30.2. The van der Waals surface area contributed by atoms with E-state index >= 15 is 0 Å². The van der Waals surface area contributed by atoms with Crippen molar-refractivity contribution in [2.24, 2.45) is 28.1 Å². The lowest BCUT2D eigenvalue weighted by atomic mass is 9.67. The Morgan fingerprint density at radius 1 is 0.648 bits per heavy atom. The number of rotatable bonds is 24. The third-order valence-corrected chi connectivity index (χ3v) is 20.4. The smallest absolute Gasteiger partial charge is 0.312 e. The second kappa shape index (κ2) is 34.4. The van der Waals surface area contributed by atoms with Crippen LogP contribution in [0.25, 0.3) is 0 Å². The van der Waals surface area contributed by atoms with E-state index < -0.39 is 28.3 Å². The fourth-order valence-corrected chi connectivity index (χ4v) is 14.6. The Kier molecular flexibility index (Phi) is 28.3. The van der Waals surface area contributed by atoms with Gasteiger partial charge in [-0.3, -0.25) is 14.4 Å². The van der Waals surface area contributed by atoms with Gasteiger partial charge >= 0.3 is 5.97 Å². The van der Waals surface area contributed by atoms with Crippen LogP contribution >= 0.6 is 81.4 Å². The summed E-state index contributed by atoms with van der Waals surface area (Å²) in [6.07, 6.45) is 7.56. The zero-order valence-electron chi connectivity index (χ0n) is 53.9. The van der Waals surface area contributed by atoms with Crippen molar-refractivity contribution < 1.29 is 29.3 Å². The Balaban J connectivity index is 0.000000219. The molecule has 2 aliphatic heterocycles. The molecule has 15 heteroatoms. The van der Waals surface area contributed by atoms with E-state index in [4.69, 9.17) is 74.3 Å². The number of esters is 1. The fraction of sp³-hybridized carbons (Fsp3) is 0.408. The number of likely N-dealkylation sites (tertiary alicyclic amines) is 1. The molecule has 3 N–H and O–H groups in total. The van der Waals surface area contributed by atoms with Crippen molar-refractivity contribution in [3.05, 3.63) is 247 Å². The van der Waals surface area contributed by atoms with Gasteiger partial charge in [-0.1, -0.05) is 216 Å². The van der Waals surface area contributed by atoms with Crippen LogP contribution in [0.3, 0.4) is 0 Å². The topological polar surface area (TPSA) is 116 Å². The minimum atomic E-state index is -0.874. The van der Waals surface area contributed by atoms with Gasteiger partial charge in [-0.15, -0.1) is 19.7 Å². The van der Waals surface area contributed by atoms with Crippen LogP contribution in [0.2, 0.25) is 30.1 Å². The Bertz CT molecular complexity index is 3380. The number of carbonyl (C=O) groups is 3. The predicted octanol–water partition coefficient (Wildman–Crippen LogP) is 21.1. The van der Waals surface area contributed by atoms with E-state index in [9.17, 15) is 24.6 Å². The first-order valence-electron chi connectivity index (χ1n) is 31.2. The van der Waals surface area contributed by atoms with Gasteiger partial charge < -0.3 is 25.2 Å². The number of benzene rings is 6. The second-order valence-electron chi connectivity index (χ2n) is 26.0. The standard InChI is InChI=1S/C29H37Cl2NOS.C26H33Cl2NO3.C21H20Cl2O2/c1-7-15-29(6)17-25(22-9-8-10-24(31)16-22)27(21-11-13-23(30)14-12-21)32(28(29)33)26(19(2)3)18-34-20(4)5;1-5-13-26(4,25(32)29-23(16-30)17(2)3)15-22(19-7-6-8-21(28)14-19)24(31)18-9-11-20(27)12-10-18;1-3-11-21(2)13-18(15-5-4-6-17(23)12-15)19(25-20(21)24)14-7-9-16(22)10-8-14/h7-14,16,19-20,25-27H,1,15,17-18H2,2-6H3;5-12,14,17,22-24,30-31H,1,13,15-16H2,2-4H3,(H,29,32);3-10,12,18-19H,1,11,13H2,2H3/t25-,26-,27-,29+;22-,23-,24+,26+;18-,19-,21+/m111/s1. The lowest BCUT2D eigenvalue weighted by Crippen LogP contribution is -2.57. The number of hydrogen-bond donors (Lipinski definition) is 3. The summed E-state index contributed by atoms with van der Waals surface area (Å²) >= 11 is 39.1. The van der Waals surface area contributed by atoms with E-state index in [1.54, 1.807) is 42.5 Å². The van der Waals surface area contributed by atoms with E-state index in [0.717, 1.165) is 39.5 Å². The summed E-state index contributed by atoms with van der Waals surface area (Å²) in [5, 5.41) is 28.4. The quantitative estimate of drug-likeness (QED) is 0.0408. The molecule has 0 aliphatic carbocycles. The maximum Gasteiger partial charge on any atom is 0.312 e. The highest BCUT2D eigenvalue weighted by Crippen LogP contribution is 2.54. The summed E-state index contributed by atoms with van der Waals surface area (Å²) < 4.78 is 5.91. The maximum absolute atomic E-state index is 14.3. The Morgan fingerprint density at radius 2 is 1.14 bits per heavy atom. The van der Waals surface area contributed by atoms with Crippen molar-refractivity contribution in [2.45, 2.75) is 154 Å². The summed E-state index contributed by atoms with van der Waals surface area (Å²) in [4.78, 5) is 42.6. The predicted molar refractivity (Wildman–Crippen MR) is 383 cm³/mol. The minimum Gasteiger partial charge on any atom is -0.456 e. The first-order valence-corrected chi connectivity index (χ1v) is 34.5. The number of amides is 2. The molecule has 2 saturated heterocycles. The van der Waals surface area contributed by atoms with Crippen molar-refractivity contribution in [1.29, 1.82) is 0 Å². The number of aliphatic hydroxyl groups is 2. The highest BCUT2D eigenvalue weighted by Gasteiger charge is 2.52. The lowest BCUT2D eigenvalue weighted by Gasteiger charge is -2.53. The Hall–Kier alpha value is -5.04. The number of carbonyl (C=O) groups excluding carboxylic acids is 3. The zero-order valence-corrected chi connectivity index (χ0v) is 59.2. The van der Waals surface area contributed by atoms with Gasteiger partial charge in [0.2, 0.25) is 11.8 Å². The molecule has 8 nitrogen and oxygen atoms in total. The number of cyclic esters (lactones) is 1. The number of hydrogen-bond acceptors (Lipinski definition) is 7. The van der Waals surface area contributed by atoms with Crippen LogP contribution in [0.4, 0.5) is 0 Å². The molecule has 8 rings (SSSR count). The van der Waals surface area contributed by atoms with Gasteiger partial charge in [0.15, 0.2) is 0 Å². The van der Waals surface area contributed by atoms with E-state index in [1.165, 1.54) is 5.56 Å². The molecule has 0 radical (unpaired) electrons. The number of nitrogens with one attached hydrogen (secondary N) is 1. The molecule has 6 aromatic rings. The van der Waals surface area contributed by atoms with Crippen LogP contribution in [0, 0.1) is 28.1 Å². The van der Waals surface area contributed by atoms with Crippen molar-refractivity contribution in [3.63, 3.8) is 0 Å². The van der Waals surface area contributed by atoms with Gasteiger partial charge in [-0.05, 0) is 169 Å². The molecule has 2 heterocycles. The highest BCUT2D eigenvalue weighted by atomic mass is 35.5. The van der Waals surface area contributed by atoms with Crippen molar-refractivity contribution in [2.75, 3.05) is 12.4 Å². The molecule has 6 aromatic carbocycles. The monoisotopic (exact) mass is 1370 g/mol. The average molecular weight is 1370 g/mol. The molecular weight excluding hydrogens is 1280 g/mol. The molecular formula is C76H90Cl6N2O6S. The van der Waals surface area contributed by atoms with Crippen molar-refractivity contribution >= 4 is 99.2 Å². The fourth-order valence-electron chi connectivity index (χ4n) is 12.5. The maximum atomic E-state index is 14.3. The molecule has 2 aliphatic rings.